The first-order valence-electron chi connectivity index (χ1n) is 9.84. The Morgan fingerprint density at radius 2 is 1.93 bits per heavy atom. The molecule has 0 saturated heterocycles. The number of ether oxygens (including phenoxy) is 3. The van der Waals surface area contributed by atoms with Crippen molar-refractivity contribution in [3.63, 3.8) is 0 Å². The van der Waals surface area contributed by atoms with Crippen molar-refractivity contribution in [2.24, 2.45) is 5.92 Å². The van der Waals surface area contributed by atoms with Crippen molar-refractivity contribution in [2.45, 2.75) is 32.7 Å². The Hall–Kier alpha value is -3.03. The largest absolute Gasteiger partial charge is 0.494 e. The van der Waals surface area contributed by atoms with Crippen molar-refractivity contribution in [1.29, 1.82) is 0 Å². The highest BCUT2D eigenvalue weighted by molar-refractivity contribution is 5.76. The zero-order valence-electron chi connectivity index (χ0n) is 16.8. The second-order valence-electron chi connectivity index (χ2n) is 6.84. The monoisotopic (exact) mass is 401 g/mol. The quantitative estimate of drug-likeness (QED) is 0.509. The van der Waals surface area contributed by atoms with Crippen molar-refractivity contribution in [1.82, 2.24) is 15.1 Å². The molecule has 0 unspecified atom stereocenters. The van der Waals surface area contributed by atoms with Crippen molar-refractivity contribution < 1.29 is 23.8 Å². The molecule has 2 aromatic rings. The van der Waals surface area contributed by atoms with Crippen LogP contribution in [0.2, 0.25) is 0 Å². The molecular weight excluding hydrogens is 374 g/mol. The smallest absolute Gasteiger partial charge is 0.309 e. The van der Waals surface area contributed by atoms with Gasteiger partial charge in [-0.05, 0) is 56.0 Å². The first kappa shape index (κ1) is 20.7. The molecule has 1 aromatic carbocycles. The van der Waals surface area contributed by atoms with Crippen LogP contribution in [0.4, 0.5) is 0 Å². The molecule has 1 aliphatic rings. The molecule has 8 heteroatoms. The normalized spacial score (nSPS) is 15.3. The van der Waals surface area contributed by atoms with Crippen LogP contribution in [0, 0.1) is 5.92 Å². The minimum absolute atomic E-state index is 0.124. The van der Waals surface area contributed by atoms with Crippen LogP contribution in [0.1, 0.15) is 24.6 Å². The Balaban J connectivity index is 1.41. The molecule has 0 saturated carbocycles. The number of fused-ring (bicyclic) bond motifs is 1. The zero-order valence-corrected chi connectivity index (χ0v) is 16.8. The lowest BCUT2D eigenvalue weighted by molar-refractivity contribution is -0.145. The molecule has 1 aromatic heterocycles. The summed E-state index contributed by atoms with van der Waals surface area (Å²) >= 11 is 0. The Morgan fingerprint density at radius 3 is 2.62 bits per heavy atom. The van der Waals surface area contributed by atoms with Gasteiger partial charge in [-0.25, -0.2) is 0 Å². The number of nitrogens with one attached hydrogen (secondary N) is 1. The maximum atomic E-state index is 12.2. The van der Waals surface area contributed by atoms with Gasteiger partial charge in [0, 0.05) is 5.69 Å². The van der Waals surface area contributed by atoms with Gasteiger partial charge in [-0.1, -0.05) is 0 Å². The first-order chi connectivity index (χ1) is 14.1. The molecule has 0 radical (unpaired) electrons. The van der Waals surface area contributed by atoms with Gasteiger partial charge in [0.05, 0.1) is 32.4 Å². The number of rotatable bonds is 9. The molecular formula is C21H27N3O5. The molecule has 1 atom stereocenters. The van der Waals surface area contributed by atoms with Crippen molar-refractivity contribution >= 4 is 11.9 Å². The van der Waals surface area contributed by atoms with E-state index in [4.69, 9.17) is 14.2 Å². The van der Waals surface area contributed by atoms with Gasteiger partial charge in [-0.15, -0.1) is 0 Å². The van der Waals surface area contributed by atoms with Gasteiger partial charge in [-0.2, -0.15) is 5.10 Å². The summed E-state index contributed by atoms with van der Waals surface area (Å²) in [5.41, 5.74) is 2.03. The van der Waals surface area contributed by atoms with Crippen LogP contribution in [0.5, 0.6) is 11.5 Å². The number of carbonyl (C=O) groups is 2. The summed E-state index contributed by atoms with van der Waals surface area (Å²) in [7, 11) is 1.41. The fraction of sp³-hybridized carbons (Fsp3) is 0.476. The molecule has 0 aliphatic heterocycles. The summed E-state index contributed by atoms with van der Waals surface area (Å²) in [6, 6.07) is 7.38. The van der Waals surface area contributed by atoms with Crippen molar-refractivity contribution in [3.05, 3.63) is 41.7 Å². The molecule has 1 amide bonds. The molecule has 1 heterocycles. The van der Waals surface area contributed by atoms with E-state index in [0.29, 0.717) is 39.0 Å². The first-order valence-corrected chi connectivity index (χ1v) is 9.84. The number of methoxy groups -OCH3 is 1. The fourth-order valence-corrected chi connectivity index (χ4v) is 3.44. The van der Waals surface area contributed by atoms with Crippen LogP contribution >= 0.6 is 0 Å². The molecule has 156 valence electrons. The van der Waals surface area contributed by atoms with Crippen molar-refractivity contribution in [2.75, 3.05) is 26.9 Å². The van der Waals surface area contributed by atoms with E-state index >= 15 is 0 Å². The van der Waals surface area contributed by atoms with Crippen LogP contribution in [0.15, 0.2) is 30.5 Å². The molecule has 0 bridgehead atoms. The standard InChI is InChI=1S/C21H27N3O5/c1-3-28-17-5-7-18(8-6-17)29-11-10-22-20(25)14-24-19-9-4-15(21(26)27-2)12-16(19)13-23-24/h5-8,13,15H,3-4,9-12,14H2,1-2H3,(H,22,25)/t15-/m0/s1. The number of esters is 1. The number of hydrogen-bond acceptors (Lipinski definition) is 6. The number of benzene rings is 1. The second-order valence-corrected chi connectivity index (χ2v) is 6.84. The van der Waals surface area contributed by atoms with Crippen molar-refractivity contribution in [3.8, 4) is 11.5 Å². The fourth-order valence-electron chi connectivity index (χ4n) is 3.44. The lowest BCUT2D eigenvalue weighted by atomic mass is 9.88. The third-order valence-corrected chi connectivity index (χ3v) is 4.89. The molecule has 0 spiro atoms. The number of nitrogens with zero attached hydrogens (tertiary/aromatic N) is 2. The summed E-state index contributed by atoms with van der Waals surface area (Å²) in [5, 5.41) is 7.16. The average molecular weight is 401 g/mol. The summed E-state index contributed by atoms with van der Waals surface area (Å²) in [4.78, 5) is 23.9. The predicted octanol–water partition coefficient (Wildman–Crippen LogP) is 1.75. The topological polar surface area (TPSA) is 91.7 Å². The van der Waals surface area contributed by atoms with Gasteiger partial charge in [0.2, 0.25) is 5.91 Å². The number of aromatic nitrogens is 2. The third kappa shape index (κ3) is 5.49. The number of hydrogen-bond donors (Lipinski definition) is 1. The Bertz CT molecular complexity index is 831. The lowest BCUT2D eigenvalue weighted by Gasteiger charge is -2.20. The molecule has 3 rings (SSSR count). The van der Waals surface area contributed by atoms with E-state index in [0.717, 1.165) is 22.8 Å². The maximum Gasteiger partial charge on any atom is 0.309 e. The van der Waals surface area contributed by atoms with Crippen LogP contribution in [-0.2, 0) is 33.7 Å². The Kier molecular flexibility index (Phi) is 7.10. The van der Waals surface area contributed by atoms with Gasteiger partial charge in [0.15, 0.2) is 0 Å². The summed E-state index contributed by atoms with van der Waals surface area (Å²) in [6.07, 6.45) is 3.78. The number of carbonyl (C=O) groups excluding carboxylic acids is 2. The van der Waals surface area contributed by atoms with E-state index in [2.05, 4.69) is 10.4 Å². The van der Waals surface area contributed by atoms with Crippen LogP contribution in [0.25, 0.3) is 0 Å². The second kappa shape index (κ2) is 9.95. The number of amides is 1. The van der Waals surface area contributed by atoms with Gasteiger partial charge < -0.3 is 19.5 Å². The van der Waals surface area contributed by atoms with E-state index in [1.54, 1.807) is 10.9 Å². The minimum Gasteiger partial charge on any atom is -0.494 e. The highest BCUT2D eigenvalue weighted by atomic mass is 16.5. The zero-order chi connectivity index (χ0) is 20.6. The van der Waals surface area contributed by atoms with E-state index in [-0.39, 0.29) is 24.3 Å². The third-order valence-electron chi connectivity index (χ3n) is 4.89. The van der Waals surface area contributed by atoms with Crippen LogP contribution in [0.3, 0.4) is 0 Å². The molecule has 29 heavy (non-hydrogen) atoms. The van der Waals surface area contributed by atoms with Gasteiger partial charge in [0.1, 0.15) is 24.7 Å². The predicted molar refractivity (Wildman–Crippen MR) is 106 cm³/mol. The molecule has 1 aliphatic carbocycles. The van der Waals surface area contributed by atoms with Crippen LogP contribution in [-0.4, -0.2) is 48.5 Å². The van der Waals surface area contributed by atoms with Gasteiger partial charge in [-0.3, -0.25) is 14.3 Å². The lowest BCUT2D eigenvalue weighted by Crippen LogP contribution is -2.32. The van der Waals surface area contributed by atoms with Gasteiger partial charge >= 0.3 is 5.97 Å². The minimum atomic E-state index is -0.186. The summed E-state index contributed by atoms with van der Waals surface area (Å²) in [5.74, 6) is 1.09. The maximum absolute atomic E-state index is 12.2. The van der Waals surface area contributed by atoms with E-state index < -0.39 is 0 Å². The Morgan fingerprint density at radius 1 is 1.21 bits per heavy atom. The average Bonchev–Trinajstić information content (AvgIpc) is 3.14. The molecule has 1 N–H and O–H groups in total. The highest BCUT2D eigenvalue weighted by Crippen LogP contribution is 2.26. The van der Waals surface area contributed by atoms with E-state index in [1.807, 2.05) is 31.2 Å². The summed E-state index contributed by atoms with van der Waals surface area (Å²) < 4.78 is 17.6. The Labute approximate surface area is 170 Å². The van der Waals surface area contributed by atoms with E-state index in [1.165, 1.54) is 7.11 Å². The van der Waals surface area contributed by atoms with Crippen LogP contribution < -0.4 is 14.8 Å². The molecule has 8 nitrogen and oxygen atoms in total. The van der Waals surface area contributed by atoms with Gasteiger partial charge in [0.25, 0.3) is 0 Å². The van der Waals surface area contributed by atoms with E-state index in [9.17, 15) is 9.59 Å². The summed E-state index contributed by atoms with van der Waals surface area (Å²) in [6.45, 7) is 3.49. The highest BCUT2D eigenvalue weighted by Gasteiger charge is 2.28. The SMILES string of the molecule is CCOc1ccc(OCCNC(=O)Cn2ncc3c2CC[C@H](C(=O)OC)C3)cc1. The molecule has 0 fully saturated rings.